The summed E-state index contributed by atoms with van der Waals surface area (Å²) in [5.74, 6) is -1.46. The molecule has 0 radical (unpaired) electrons. The summed E-state index contributed by atoms with van der Waals surface area (Å²) in [7, 11) is 0. The van der Waals surface area contributed by atoms with Crippen LogP contribution in [0.1, 0.15) is 31.2 Å². The van der Waals surface area contributed by atoms with Crippen LogP contribution in [0.3, 0.4) is 0 Å². The molecule has 14 heavy (non-hydrogen) atoms. The fraction of sp³-hybridized carbons (Fsp3) is 0.333. The molecular formula is C12H12F2. The van der Waals surface area contributed by atoms with E-state index in [1.807, 2.05) is 6.08 Å². The van der Waals surface area contributed by atoms with Crippen molar-refractivity contribution in [3.05, 3.63) is 41.5 Å². The van der Waals surface area contributed by atoms with Crippen LogP contribution >= 0.6 is 0 Å². The molecule has 0 saturated carbocycles. The van der Waals surface area contributed by atoms with Crippen molar-refractivity contribution in [2.75, 3.05) is 0 Å². The molecule has 2 rings (SSSR count). The van der Waals surface area contributed by atoms with E-state index in [2.05, 4.69) is 0 Å². The van der Waals surface area contributed by atoms with Crippen LogP contribution in [0.25, 0.3) is 5.57 Å². The standard InChI is InChI=1S/C12H12F2/c13-11-8-4-7-10(12(11)14)9-5-2-1-3-6-9/h4-5,7-8H,1-3,6H2. The van der Waals surface area contributed by atoms with Gasteiger partial charge in [-0.1, -0.05) is 18.2 Å². The number of halogens is 2. The van der Waals surface area contributed by atoms with Crippen LogP contribution in [-0.2, 0) is 0 Å². The van der Waals surface area contributed by atoms with Crippen LogP contribution < -0.4 is 0 Å². The molecule has 1 aliphatic rings. The second-order valence-corrected chi connectivity index (χ2v) is 3.58. The first-order valence-electron chi connectivity index (χ1n) is 4.92. The fourth-order valence-corrected chi connectivity index (χ4v) is 1.83. The van der Waals surface area contributed by atoms with Gasteiger partial charge in [-0.05, 0) is 37.3 Å². The molecule has 0 spiro atoms. The van der Waals surface area contributed by atoms with Gasteiger partial charge in [0.05, 0.1) is 0 Å². The van der Waals surface area contributed by atoms with Gasteiger partial charge in [0.1, 0.15) is 0 Å². The smallest absolute Gasteiger partial charge is 0.166 e. The number of hydrogen-bond donors (Lipinski definition) is 0. The fourth-order valence-electron chi connectivity index (χ4n) is 1.83. The van der Waals surface area contributed by atoms with Crippen LogP contribution in [0.2, 0.25) is 0 Å². The van der Waals surface area contributed by atoms with E-state index in [0.717, 1.165) is 37.3 Å². The van der Waals surface area contributed by atoms with E-state index in [1.165, 1.54) is 0 Å². The molecule has 0 unspecified atom stereocenters. The molecular weight excluding hydrogens is 182 g/mol. The Bertz CT molecular complexity index is 367. The molecule has 0 amide bonds. The molecule has 0 fully saturated rings. The van der Waals surface area contributed by atoms with Crippen LogP contribution in [0.4, 0.5) is 8.78 Å². The normalized spacial score (nSPS) is 16.6. The average Bonchev–Trinajstić information content (AvgIpc) is 2.23. The van der Waals surface area contributed by atoms with E-state index in [-0.39, 0.29) is 0 Å². The molecule has 0 heterocycles. The summed E-state index contributed by atoms with van der Waals surface area (Å²) < 4.78 is 26.3. The Labute approximate surface area is 82.3 Å². The summed E-state index contributed by atoms with van der Waals surface area (Å²) in [6, 6.07) is 4.36. The van der Waals surface area contributed by atoms with Crippen LogP contribution in [0.5, 0.6) is 0 Å². The van der Waals surface area contributed by atoms with Crippen molar-refractivity contribution in [2.24, 2.45) is 0 Å². The van der Waals surface area contributed by atoms with E-state index < -0.39 is 11.6 Å². The Balaban J connectivity index is 2.40. The minimum Gasteiger partial charge on any atom is -0.204 e. The summed E-state index contributed by atoms with van der Waals surface area (Å²) in [6.07, 6.45) is 6.08. The quantitative estimate of drug-likeness (QED) is 0.635. The summed E-state index contributed by atoms with van der Waals surface area (Å²) in [6.45, 7) is 0. The first-order chi connectivity index (χ1) is 6.79. The minimum absolute atomic E-state index is 0.435. The highest BCUT2D eigenvalue weighted by Crippen LogP contribution is 2.28. The summed E-state index contributed by atoms with van der Waals surface area (Å²) in [4.78, 5) is 0. The van der Waals surface area contributed by atoms with Crippen molar-refractivity contribution in [1.82, 2.24) is 0 Å². The first-order valence-corrected chi connectivity index (χ1v) is 4.92. The van der Waals surface area contributed by atoms with Gasteiger partial charge in [0.15, 0.2) is 11.6 Å². The molecule has 0 saturated heterocycles. The Morgan fingerprint density at radius 1 is 1.07 bits per heavy atom. The van der Waals surface area contributed by atoms with E-state index in [4.69, 9.17) is 0 Å². The maximum absolute atomic E-state index is 13.4. The minimum atomic E-state index is -0.756. The van der Waals surface area contributed by atoms with Gasteiger partial charge in [0, 0.05) is 5.56 Å². The number of rotatable bonds is 1. The van der Waals surface area contributed by atoms with Gasteiger partial charge >= 0.3 is 0 Å². The largest absolute Gasteiger partial charge is 0.204 e. The lowest BCUT2D eigenvalue weighted by Gasteiger charge is -2.13. The topological polar surface area (TPSA) is 0 Å². The van der Waals surface area contributed by atoms with E-state index in [1.54, 1.807) is 12.1 Å². The predicted octanol–water partition coefficient (Wildman–Crippen LogP) is 3.92. The molecule has 0 aliphatic heterocycles. The van der Waals surface area contributed by atoms with Crippen LogP contribution in [0, 0.1) is 11.6 Å². The number of hydrogen-bond acceptors (Lipinski definition) is 0. The molecule has 1 aliphatic carbocycles. The molecule has 0 atom stereocenters. The zero-order chi connectivity index (χ0) is 9.97. The van der Waals surface area contributed by atoms with Gasteiger partial charge in [0.25, 0.3) is 0 Å². The highest BCUT2D eigenvalue weighted by Gasteiger charge is 2.13. The van der Waals surface area contributed by atoms with Crippen LogP contribution in [-0.4, -0.2) is 0 Å². The lowest BCUT2D eigenvalue weighted by atomic mass is 9.93. The summed E-state index contributed by atoms with van der Waals surface area (Å²) >= 11 is 0. The van der Waals surface area contributed by atoms with Crippen molar-refractivity contribution in [1.29, 1.82) is 0 Å². The Morgan fingerprint density at radius 3 is 2.64 bits per heavy atom. The molecule has 2 heteroatoms. The summed E-state index contributed by atoms with van der Waals surface area (Å²) in [5, 5.41) is 0. The van der Waals surface area contributed by atoms with Crippen molar-refractivity contribution in [2.45, 2.75) is 25.7 Å². The van der Waals surface area contributed by atoms with Gasteiger partial charge in [-0.25, -0.2) is 8.78 Å². The zero-order valence-corrected chi connectivity index (χ0v) is 7.89. The maximum atomic E-state index is 13.4. The predicted molar refractivity (Wildman–Crippen MR) is 52.8 cm³/mol. The number of allylic oxidation sites excluding steroid dienone is 2. The van der Waals surface area contributed by atoms with E-state index >= 15 is 0 Å². The third-order valence-corrected chi connectivity index (χ3v) is 2.59. The van der Waals surface area contributed by atoms with Gasteiger partial charge in [-0.2, -0.15) is 0 Å². The Hall–Kier alpha value is -1.18. The molecule has 1 aromatic rings. The van der Waals surface area contributed by atoms with Crippen molar-refractivity contribution in [3.63, 3.8) is 0 Å². The lowest BCUT2D eigenvalue weighted by Crippen LogP contribution is -1.97. The third kappa shape index (κ3) is 1.69. The Morgan fingerprint density at radius 2 is 1.93 bits per heavy atom. The van der Waals surface area contributed by atoms with Crippen molar-refractivity contribution >= 4 is 5.57 Å². The SMILES string of the molecule is Fc1cccc(C2=CCCCC2)c1F. The second kappa shape index (κ2) is 3.91. The van der Waals surface area contributed by atoms with Gasteiger partial charge < -0.3 is 0 Å². The van der Waals surface area contributed by atoms with Gasteiger partial charge in [-0.3, -0.25) is 0 Å². The second-order valence-electron chi connectivity index (χ2n) is 3.58. The molecule has 0 nitrogen and oxygen atoms in total. The maximum Gasteiger partial charge on any atom is 0.166 e. The van der Waals surface area contributed by atoms with E-state index in [0.29, 0.717) is 5.56 Å². The highest BCUT2D eigenvalue weighted by atomic mass is 19.2. The molecule has 74 valence electrons. The van der Waals surface area contributed by atoms with Gasteiger partial charge in [-0.15, -0.1) is 0 Å². The monoisotopic (exact) mass is 194 g/mol. The zero-order valence-electron chi connectivity index (χ0n) is 7.89. The molecule has 1 aromatic carbocycles. The highest BCUT2D eigenvalue weighted by molar-refractivity contribution is 5.66. The molecule has 0 bridgehead atoms. The van der Waals surface area contributed by atoms with Crippen molar-refractivity contribution in [3.8, 4) is 0 Å². The Kier molecular flexibility index (Phi) is 2.62. The third-order valence-electron chi connectivity index (χ3n) is 2.59. The first kappa shape index (κ1) is 9.38. The van der Waals surface area contributed by atoms with Crippen LogP contribution in [0.15, 0.2) is 24.3 Å². The summed E-state index contributed by atoms with van der Waals surface area (Å²) in [5.41, 5.74) is 1.39. The molecule has 0 N–H and O–H groups in total. The lowest BCUT2D eigenvalue weighted by molar-refractivity contribution is 0.505. The number of benzene rings is 1. The average molecular weight is 194 g/mol. The van der Waals surface area contributed by atoms with Gasteiger partial charge in [0.2, 0.25) is 0 Å². The molecule has 0 aromatic heterocycles. The van der Waals surface area contributed by atoms with Crippen molar-refractivity contribution < 1.29 is 8.78 Å². The van der Waals surface area contributed by atoms with E-state index in [9.17, 15) is 8.78 Å².